The maximum atomic E-state index is 12.1. The number of aryl methyl sites for hydroxylation is 1. The first-order valence-electron chi connectivity index (χ1n) is 8.82. The number of hydrogen-bond donors (Lipinski definition) is 1. The van der Waals surface area contributed by atoms with E-state index in [1.54, 1.807) is 11.3 Å². The van der Waals surface area contributed by atoms with Crippen LogP contribution in [-0.2, 0) is 11.2 Å². The summed E-state index contributed by atoms with van der Waals surface area (Å²) in [6, 6.07) is 13.5. The minimum Gasteiger partial charge on any atom is -0.353 e. The number of rotatable bonds is 6. The molecule has 0 spiro atoms. The molecule has 1 fully saturated rings. The molecular weight excluding hydrogens is 316 g/mol. The fourth-order valence-electron chi connectivity index (χ4n) is 3.37. The minimum atomic E-state index is 0.191. The van der Waals surface area contributed by atoms with Crippen LogP contribution < -0.4 is 5.32 Å². The van der Waals surface area contributed by atoms with Crippen molar-refractivity contribution >= 4 is 17.2 Å². The number of hydrogen-bond acceptors (Lipinski definition) is 3. The van der Waals surface area contributed by atoms with Crippen LogP contribution in [0, 0.1) is 0 Å². The number of piperidine rings is 1. The second-order valence-corrected chi connectivity index (χ2v) is 7.38. The summed E-state index contributed by atoms with van der Waals surface area (Å²) >= 11 is 1.69. The van der Waals surface area contributed by atoms with Crippen LogP contribution in [0.15, 0.2) is 47.2 Å². The Morgan fingerprint density at radius 1 is 1.25 bits per heavy atom. The third-order valence-electron chi connectivity index (χ3n) is 4.95. The molecule has 1 aliphatic rings. The summed E-state index contributed by atoms with van der Waals surface area (Å²) in [5.74, 6) is 0.191. The van der Waals surface area contributed by atoms with E-state index in [9.17, 15) is 4.79 Å². The van der Waals surface area contributed by atoms with Gasteiger partial charge in [-0.25, -0.2) is 0 Å². The molecule has 24 heavy (non-hydrogen) atoms. The first-order chi connectivity index (χ1) is 11.7. The van der Waals surface area contributed by atoms with Gasteiger partial charge in [-0.2, -0.15) is 11.3 Å². The largest absolute Gasteiger partial charge is 0.353 e. The molecule has 3 rings (SSSR count). The van der Waals surface area contributed by atoms with Crippen LogP contribution in [-0.4, -0.2) is 29.9 Å². The van der Waals surface area contributed by atoms with E-state index < -0.39 is 0 Å². The van der Waals surface area contributed by atoms with Gasteiger partial charge in [0.25, 0.3) is 0 Å². The summed E-state index contributed by atoms with van der Waals surface area (Å²) in [4.78, 5) is 14.6. The van der Waals surface area contributed by atoms with E-state index in [0.717, 1.165) is 32.4 Å². The maximum absolute atomic E-state index is 12.1. The second-order valence-electron chi connectivity index (χ2n) is 6.60. The molecule has 128 valence electrons. The lowest BCUT2D eigenvalue weighted by atomic mass is 10.00. The summed E-state index contributed by atoms with van der Waals surface area (Å²) in [6.07, 6.45) is 3.53. The zero-order valence-corrected chi connectivity index (χ0v) is 15.1. The number of carbonyl (C=O) groups is 1. The van der Waals surface area contributed by atoms with Crippen LogP contribution in [0.1, 0.15) is 43.4 Å². The quantitative estimate of drug-likeness (QED) is 0.860. The zero-order chi connectivity index (χ0) is 16.8. The fraction of sp³-hybridized carbons (Fsp3) is 0.450. The third kappa shape index (κ3) is 4.68. The smallest absolute Gasteiger partial charge is 0.220 e. The predicted octanol–water partition coefficient (Wildman–Crippen LogP) is 4.02. The van der Waals surface area contributed by atoms with E-state index in [1.165, 1.54) is 11.1 Å². The molecule has 1 N–H and O–H groups in total. The molecule has 3 nitrogen and oxygen atoms in total. The predicted molar refractivity (Wildman–Crippen MR) is 100 cm³/mol. The van der Waals surface area contributed by atoms with E-state index in [0.29, 0.717) is 18.5 Å². The van der Waals surface area contributed by atoms with Crippen molar-refractivity contribution in [3.8, 4) is 0 Å². The van der Waals surface area contributed by atoms with Gasteiger partial charge in [-0.05, 0) is 54.1 Å². The SMILES string of the molecule is C[C@H](c1ccccc1)N1CCC(NC(=O)CCc2ccsc2)CC1. The van der Waals surface area contributed by atoms with E-state index in [4.69, 9.17) is 0 Å². The molecule has 2 heterocycles. The summed E-state index contributed by atoms with van der Waals surface area (Å²) in [5, 5.41) is 7.41. The van der Waals surface area contributed by atoms with Gasteiger partial charge >= 0.3 is 0 Å². The van der Waals surface area contributed by atoms with Crippen LogP contribution in [0.3, 0.4) is 0 Å². The Hall–Kier alpha value is -1.65. The number of benzene rings is 1. The molecule has 1 aliphatic heterocycles. The molecule has 0 saturated carbocycles. The van der Waals surface area contributed by atoms with Crippen molar-refractivity contribution in [3.05, 3.63) is 58.3 Å². The molecular formula is C20H26N2OS. The Balaban J connectivity index is 1.41. The Morgan fingerprint density at radius 2 is 2.00 bits per heavy atom. The molecule has 0 aliphatic carbocycles. The van der Waals surface area contributed by atoms with E-state index in [1.807, 2.05) is 0 Å². The van der Waals surface area contributed by atoms with Crippen LogP contribution >= 0.6 is 11.3 Å². The topological polar surface area (TPSA) is 32.3 Å². The van der Waals surface area contributed by atoms with Gasteiger partial charge in [0.1, 0.15) is 0 Å². The number of amides is 1. The standard InChI is InChI=1S/C20H26N2OS/c1-16(18-5-3-2-4-6-18)22-12-9-19(10-13-22)21-20(23)8-7-17-11-14-24-15-17/h2-6,11,14-16,19H,7-10,12-13H2,1H3,(H,21,23)/t16-/m1/s1. The van der Waals surface area contributed by atoms with Gasteiger partial charge in [-0.3, -0.25) is 9.69 Å². The minimum absolute atomic E-state index is 0.191. The Labute approximate surface area is 148 Å². The number of nitrogens with zero attached hydrogens (tertiary/aromatic N) is 1. The Kier molecular flexibility index (Phi) is 6.05. The van der Waals surface area contributed by atoms with Crippen LogP contribution in [0.2, 0.25) is 0 Å². The molecule has 1 aromatic heterocycles. The zero-order valence-electron chi connectivity index (χ0n) is 14.3. The summed E-state index contributed by atoms with van der Waals surface area (Å²) in [5.41, 5.74) is 2.64. The van der Waals surface area contributed by atoms with Crippen molar-refractivity contribution in [2.45, 2.75) is 44.7 Å². The average Bonchev–Trinajstić information content (AvgIpc) is 3.14. The fourth-order valence-corrected chi connectivity index (χ4v) is 4.07. The summed E-state index contributed by atoms with van der Waals surface area (Å²) in [7, 11) is 0. The first kappa shape index (κ1) is 17.2. The van der Waals surface area contributed by atoms with Crippen molar-refractivity contribution in [3.63, 3.8) is 0 Å². The highest BCUT2D eigenvalue weighted by molar-refractivity contribution is 7.07. The lowest BCUT2D eigenvalue weighted by Crippen LogP contribution is -2.45. The van der Waals surface area contributed by atoms with Crippen molar-refractivity contribution in [2.75, 3.05) is 13.1 Å². The van der Waals surface area contributed by atoms with Crippen molar-refractivity contribution < 1.29 is 4.79 Å². The van der Waals surface area contributed by atoms with Crippen LogP contribution in [0.25, 0.3) is 0 Å². The maximum Gasteiger partial charge on any atom is 0.220 e. The highest BCUT2D eigenvalue weighted by atomic mass is 32.1. The number of likely N-dealkylation sites (tertiary alicyclic amines) is 1. The lowest BCUT2D eigenvalue weighted by molar-refractivity contribution is -0.122. The molecule has 0 bridgehead atoms. The average molecular weight is 343 g/mol. The van der Waals surface area contributed by atoms with Crippen molar-refractivity contribution in [1.29, 1.82) is 0 Å². The molecule has 1 amide bonds. The second kappa shape index (κ2) is 8.45. The number of nitrogens with one attached hydrogen (secondary N) is 1. The molecule has 1 atom stereocenters. The highest BCUT2D eigenvalue weighted by Gasteiger charge is 2.24. The first-order valence-corrected chi connectivity index (χ1v) is 9.76. The molecule has 1 saturated heterocycles. The van der Waals surface area contributed by atoms with E-state index in [-0.39, 0.29) is 5.91 Å². The molecule has 1 aromatic carbocycles. The molecule has 0 unspecified atom stereocenters. The van der Waals surface area contributed by atoms with Gasteiger partial charge in [-0.15, -0.1) is 0 Å². The van der Waals surface area contributed by atoms with Crippen molar-refractivity contribution in [1.82, 2.24) is 10.2 Å². The molecule has 2 aromatic rings. The molecule has 4 heteroatoms. The molecule has 0 radical (unpaired) electrons. The van der Waals surface area contributed by atoms with Crippen LogP contribution in [0.5, 0.6) is 0 Å². The number of thiophene rings is 1. The van der Waals surface area contributed by atoms with E-state index >= 15 is 0 Å². The van der Waals surface area contributed by atoms with Gasteiger partial charge in [0.15, 0.2) is 0 Å². The van der Waals surface area contributed by atoms with Gasteiger partial charge < -0.3 is 5.32 Å². The Morgan fingerprint density at radius 3 is 2.67 bits per heavy atom. The lowest BCUT2D eigenvalue weighted by Gasteiger charge is -2.36. The van der Waals surface area contributed by atoms with Gasteiger partial charge in [0, 0.05) is 31.6 Å². The van der Waals surface area contributed by atoms with Crippen molar-refractivity contribution in [2.24, 2.45) is 0 Å². The van der Waals surface area contributed by atoms with Crippen LogP contribution in [0.4, 0.5) is 0 Å². The number of carbonyl (C=O) groups excluding carboxylic acids is 1. The summed E-state index contributed by atoms with van der Waals surface area (Å²) < 4.78 is 0. The third-order valence-corrected chi connectivity index (χ3v) is 5.68. The highest BCUT2D eigenvalue weighted by Crippen LogP contribution is 2.24. The van der Waals surface area contributed by atoms with Gasteiger partial charge in [0.2, 0.25) is 5.91 Å². The Bertz CT molecular complexity index is 618. The summed E-state index contributed by atoms with van der Waals surface area (Å²) in [6.45, 7) is 4.37. The van der Waals surface area contributed by atoms with E-state index in [2.05, 4.69) is 64.3 Å². The van der Waals surface area contributed by atoms with Gasteiger partial charge in [0.05, 0.1) is 0 Å². The monoisotopic (exact) mass is 342 g/mol. The normalized spacial score (nSPS) is 17.5. The van der Waals surface area contributed by atoms with Gasteiger partial charge in [-0.1, -0.05) is 30.3 Å².